The number of halogens is 1. The van der Waals surface area contributed by atoms with Crippen molar-refractivity contribution in [2.75, 3.05) is 20.3 Å². The van der Waals surface area contributed by atoms with E-state index in [1.165, 1.54) is 12.8 Å². The van der Waals surface area contributed by atoms with E-state index < -0.39 is 0 Å². The predicted octanol–water partition coefficient (Wildman–Crippen LogP) is 2.11. The van der Waals surface area contributed by atoms with Gasteiger partial charge in [0.05, 0.1) is 30.1 Å². The van der Waals surface area contributed by atoms with Gasteiger partial charge < -0.3 is 10.1 Å². The van der Waals surface area contributed by atoms with Crippen LogP contribution >= 0.6 is 11.6 Å². The maximum atomic E-state index is 6.20. The SMILES string of the molecule is COCCn1ncc(Cl)c1CC(C)CNC1CC1. The van der Waals surface area contributed by atoms with Crippen molar-refractivity contribution in [3.63, 3.8) is 0 Å². The van der Waals surface area contributed by atoms with Crippen LogP contribution in [-0.4, -0.2) is 36.1 Å². The number of ether oxygens (including phenoxy) is 1. The summed E-state index contributed by atoms with van der Waals surface area (Å²) in [5.41, 5.74) is 1.12. The number of nitrogens with zero attached hydrogens (tertiary/aromatic N) is 2. The van der Waals surface area contributed by atoms with Crippen molar-refractivity contribution in [3.05, 3.63) is 16.9 Å². The molecular formula is C13H22ClN3O. The summed E-state index contributed by atoms with van der Waals surface area (Å²) < 4.78 is 7.04. The summed E-state index contributed by atoms with van der Waals surface area (Å²) >= 11 is 6.20. The number of hydrogen-bond donors (Lipinski definition) is 1. The molecule has 1 heterocycles. The third kappa shape index (κ3) is 3.97. The molecule has 1 aliphatic carbocycles. The Bertz CT molecular complexity index is 376. The topological polar surface area (TPSA) is 39.1 Å². The molecule has 0 spiro atoms. The monoisotopic (exact) mass is 271 g/mol. The lowest BCUT2D eigenvalue weighted by atomic mass is 10.1. The van der Waals surface area contributed by atoms with Crippen LogP contribution in [0.1, 0.15) is 25.5 Å². The Kier molecular flexibility index (Phi) is 5.03. The van der Waals surface area contributed by atoms with Crippen molar-refractivity contribution in [3.8, 4) is 0 Å². The van der Waals surface area contributed by atoms with Gasteiger partial charge in [0.2, 0.25) is 0 Å². The second-order valence-corrected chi connectivity index (χ2v) is 5.55. The molecule has 18 heavy (non-hydrogen) atoms. The smallest absolute Gasteiger partial charge is 0.0817 e. The van der Waals surface area contributed by atoms with Gasteiger partial charge in [-0.3, -0.25) is 4.68 Å². The van der Waals surface area contributed by atoms with Crippen LogP contribution in [0, 0.1) is 5.92 Å². The van der Waals surface area contributed by atoms with Gasteiger partial charge in [-0.05, 0) is 31.7 Å². The van der Waals surface area contributed by atoms with Crippen molar-refractivity contribution >= 4 is 11.6 Å². The average Bonchev–Trinajstić information content (AvgIpc) is 3.12. The third-order valence-electron chi connectivity index (χ3n) is 3.28. The van der Waals surface area contributed by atoms with Crippen LogP contribution in [0.4, 0.5) is 0 Å². The van der Waals surface area contributed by atoms with Crippen LogP contribution in [0.3, 0.4) is 0 Å². The fourth-order valence-electron chi connectivity index (χ4n) is 2.02. The molecule has 0 bridgehead atoms. The number of nitrogens with one attached hydrogen (secondary N) is 1. The van der Waals surface area contributed by atoms with Crippen LogP contribution in [0.25, 0.3) is 0 Å². The highest BCUT2D eigenvalue weighted by Gasteiger charge is 2.21. The number of aromatic nitrogens is 2. The van der Waals surface area contributed by atoms with Gasteiger partial charge in [0, 0.05) is 13.2 Å². The molecular weight excluding hydrogens is 250 g/mol. The van der Waals surface area contributed by atoms with Crippen molar-refractivity contribution in [2.24, 2.45) is 5.92 Å². The zero-order valence-electron chi connectivity index (χ0n) is 11.2. The second kappa shape index (κ2) is 6.55. The van der Waals surface area contributed by atoms with E-state index in [2.05, 4.69) is 17.3 Å². The van der Waals surface area contributed by atoms with E-state index >= 15 is 0 Å². The molecule has 0 radical (unpaired) electrons. The molecule has 0 aromatic carbocycles. The van der Waals surface area contributed by atoms with E-state index in [9.17, 15) is 0 Å². The maximum Gasteiger partial charge on any atom is 0.0817 e. The molecule has 1 aromatic heterocycles. The quantitative estimate of drug-likeness (QED) is 0.787. The maximum absolute atomic E-state index is 6.20. The first-order valence-electron chi connectivity index (χ1n) is 6.63. The van der Waals surface area contributed by atoms with Crippen molar-refractivity contribution < 1.29 is 4.74 Å². The van der Waals surface area contributed by atoms with Crippen LogP contribution in [0.15, 0.2) is 6.20 Å². The van der Waals surface area contributed by atoms with Crippen LogP contribution < -0.4 is 5.32 Å². The average molecular weight is 272 g/mol. The summed E-state index contributed by atoms with van der Waals surface area (Å²) in [6.07, 6.45) is 5.36. The van der Waals surface area contributed by atoms with Crippen molar-refractivity contribution in [1.29, 1.82) is 0 Å². The second-order valence-electron chi connectivity index (χ2n) is 5.15. The minimum absolute atomic E-state index is 0.570. The van der Waals surface area contributed by atoms with Gasteiger partial charge in [-0.15, -0.1) is 0 Å². The first kappa shape index (κ1) is 13.8. The van der Waals surface area contributed by atoms with Gasteiger partial charge in [0.25, 0.3) is 0 Å². The summed E-state index contributed by atoms with van der Waals surface area (Å²) in [6.45, 7) is 4.73. The highest BCUT2D eigenvalue weighted by molar-refractivity contribution is 6.31. The van der Waals surface area contributed by atoms with Crippen molar-refractivity contribution in [2.45, 2.75) is 38.8 Å². The first-order valence-corrected chi connectivity index (χ1v) is 7.01. The van der Waals surface area contributed by atoms with E-state index in [0.717, 1.165) is 36.3 Å². The lowest BCUT2D eigenvalue weighted by molar-refractivity contribution is 0.182. The fraction of sp³-hybridized carbons (Fsp3) is 0.769. The van der Waals surface area contributed by atoms with E-state index in [1.807, 2.05) is 4.68 Å². The van der Waals surface area contributed by atoms with E-state index in [-0.39, 0.29) is 0 Å². The molecule has 1 aliphatic rings. The molecule has 102 valence electrons. The Morgan fingerprint density at radius 1 is 1.61 bits per heavy atom. The van der Waals surface area contributed by atoms with Gasteiger partial charge in [-0.25, -0.2) is 0 Å². The Morgan fingerprint density at radius 2 is 2.39 bits per heavy atom. The van der Waals surface area contributed by atoms with Crippen LogP contribution in [-0.2, 0) is 17.7 Å². The lowest BCUT2D eigenvalue weighted by Crippen LogP contribution is -2.25. The minimum Gasteiger partial charge on any atom is -0.383 e. The Morgan fingerprint density at radius 3 is 3.06 bits per heavy atom. The summed E-state index contributed by atoms with van der Waals surface area (Å²) in [5.74, 6) is 0.570. The van der Waals surface area contributed by atoms with Gasteiger partial charge >= 0.3 is 0 Å². The van der Waals surface area contributed by atoms with Gasteiger partial charge in [0.15, 0.2) is 0 Å². The molecule has 1 atom stereocenters. The zero-order valence-corrected chi connectivity index (χ0v) is 11.9. The Hall–Kier alpha value is -0.580. The summed E-state index contributed by atoms with van der Waals surface area (Å²) in [6, 6.07) is 0.765. The van der Waals surface area contributed by atoms with E-state index in [0.29, 0.717) is 12.5 Å². The van der Waals surface area contributed by atoms with Crippen LogP contribution in [0.2, 0.25) is 5.02 Å². The van der Waals surface area contributed by atoms with E-state index in [1.54, 1.807) is 13.3 Å². The largest absolute Gasteiger partial charge is 0.383 e. The van der Waals surface area contributed by atoms with E-state index in [4.69, 9.17) is 16.3 Å². The van der Waals surface area contributed by atoms with Gasteiger partial charge in [-0.2, -0.15) is 5.10 Å². The molecule has 1 aromatic rings. The fourth-order valence-corrected chi connectivity index (χ4v) is 2.24. The highest BCUT2D eigenvalue weighted by atomic mass is 35.5. The predicted molar refractivity (Wildman–Crippen MR) is 73.0 cm³/mol. The molecule has 1 fully saturated rings. The van der Waals surface area contributed by atoms with Crippen molar-refractivity contribution in [1.82, 2.24) is 15.1 Å². The molecule has 0 aliphatic heterocycles. The third-order valence-corrected chi connectivity index (χ3v) is 3.59. The lowest BCUT2D eigenvalue weighted by Gasteiger charge is -2.14. The highest BCUT2D eigenvalue weighted by Crippen LogP contribution is 2.21. The van der Waals surface area contributed by atoms with Crippen LogP contribution in [0.5, 0.6) is 0 Å². The molecule has 0 amide bonds. The number of rotatable bonds is 8. The number of methoxy groups -OCH3 is 1. The molecule has 5 heteroatoms. The standard InChI is InChI=1S/C13H22ClN3O/c1-10(8-15-11-3-4-11)7-13-12(14)9-16-17(13)5-6-18-2/h9-11,15H,3-8H2,1-2H3. The summed E-state index contributed by atoms with van der Waals surface area (Å²) in [4.78, 5) is 0. The molecule has 4 nitrogen and oxygen atoms in total. The van der Waals surface area contributed by atoms with Gasteiger partial charge in [0.1, 0.15) is 0 Å². The molecule has 1 unspecified atom stereocenters. The zero-order chi connectivity index (χ0) is 13.0. The minimum atomic E-state index is 0.570. The number of hydrogen-bond acceptors (Lipinski definition) is 3. The molecule has 1 N–H and O–H groups in total. The first-order chi connectivity index (χ1) is 8.70. The normalized spacial score (nSPS) is 17.1. The Labute approximate surface area is 114 Å². The summed E-state index contributed by atoms with van der Waals surface area (Å²) in [7, 11) is 1.70. The molecule has 1 saturated carbocycles. The molecule has 0 saturated heterocycles. The van der Waals surface area contributed by atoms with Gasteiger partial charge in [-0.1, -0.05) is 18.5 Å². The Balaban J connectivity index is 1.87. The summed E-state index contributed by atoms with van der Waals surface area (Å²) in [5, 5.41) is 8.62. The molecule has 2 rings (SSSR count).